The van der Waals surface area contributed by atoms with E-state index < -0.39 is 17.5 Å². The maximum atomic E-state index is 14.1. The van der Waals surface area contributed by atoms with Gasteiger partial charge >= 0.3 is 11.9 Å². The molecule has 45 heavy (non-hydrogen) atoms. The van der Waals surface area contributed by atoms with Gasteiger partial charge in [0.15, 0.2) is 0 Å². The van der Waals surface area contributed by atoms with Crippen LogP contribution in [-0.2, 0) is 16.1 Å². The van der Waals surface area contributed by atoms with Crippen LogP contribution in [0.1, 0.15) is 45.7 Å². The zero-order valence-corrected chi connectivity index (χ0v) is 25.9. The molecule has 1 aliphatic heterocycles. The first-order chi connectivity index (χ1) is 21.4. The predicted octanol–water partition coefficient (Wildman–Crippen LogP) is 6.59. The van der Waals surface area contributed by atoms with Crippen LogP contribution in [0.3, 0.4) is 0 Å². The molecule has 0 spiro atoms. The van der Waals surface area contributed by atoms with Crippen molar-refractivity contribution in [1.29, 1.82) is 0 Å². The lowest BCUT2D eigenvalue weighted by atomic mass is 9.91. The van der Waals surface area contributed by atoms with Gasteiger partial charge in [-0.15, -0.1) is 0 Å². The first-order valence-corrected chi connectivity index (χ1v) is 14.2. The summed E-state index contributed by atoms with van der Waals surface area (Å²) in [4.78, 5) is 39.8. The molecule has 2 N–H and O–H groups in total. The van der Waals surface area contributed by atoms with Crippen molar-refractivity contribution in [3.63, 3.8) is 0 Å². The summed E-state index contributed by atoms with van der Waals surface area (Å²) >= 11 is 0. The molecule has 0 saturated carbocycles. The lowest BCUT2D eigenvalue weighted by Crippen LogP contribution is -2.52. The maximum Gasteiger partial charge on any atom is 0.343 e. The van der Waals surface area contributed by atoms with Gasteiger partial charge in [-0.1, -0.05) is 18.2 Å². The van der Waals surface area contributed by atoms with Crippen LogP contribution < -0.4 is 25.0 Å². The van der Waals surface area contributed by atoms with Gasteiger partial charge in [0.25, 0.3) is 5.91 Å². The van der Waals surface area contributed by atoms with Crippen molar-refractivity contribution in [1.82, 2.24) is 0 Å². The highest BCUT2D eigenvalue weighted by Crippen LogP contribution is 2.45. The molecule has 0 radical (unpaired) electrons. The molecule has 4 aromatic carbocycles. The van der Waals surface area contributed by atoms with Crippen molar-refractivity contribution in [3.05, 3.63) is 101 Å². The third-order valence-corrected chi connectivity index (χ3v) is 7.75. The third-order valence-electron chi connectivity index (χ3n) is 7.75. The molecule has 4 aromatic rings. The van der Waals surface area contributed by atoms with Crippen LogP contribution in [0.5, 0.6) is 11.5 Å². The van der Waals surface area contributed by atoms with Crippen LogP contribution in [0.4, 0.5) is 21.5 Å². The molecule has 0 fully saturated rings. The summed E-state index contributed by atoms with van der Waals surface area (Å²) in [7, 11) is 4.51. The number of fused-ring (bicyclic) bond motifs is 1. The number of halogens is 1. The summed E-state index contributed by atoms with van der Waals surface area (Å²) in [6.45, 7) is 5.80. The Labute approximate surface area is 260 Å². The number of amides is 1. The van der Waals surface area contributed by atoms with Crippen molar-refractivity contribution in [3.8, 4) is 22.6 Å². The second-order valence-corrected chi connectivity index (χ2v) is 11.2. The molecule has 1 aliphatic rings. The fraction of sp³-hybridized carbons (Fsp3) is 0.229. The van der Waals surface area contributed by atoms with E-state index >= 15 is 0 Å². The van der Waals surface area contributed by atoms with E-state index in [4.69, 9.17) is 14.2 Å². The van der Waals surface area contributed by atoms with Crippen molar-refractivity contribution in [2.24, 2.45) is 0 Å². The highest BCUT2D eigenvalue weighted by molar-refractivity contribution is 6.09. The van der Waals surface area contributed by atoms with Crippen LogP contribution in [0, 0.1) is 12.7 Å². The highest BCUT2D eigenvalue weighted by atomic mass is 19.1. The van der Waals surface area contributed by atoms with E-state index in [0.717, 1.165) is 22.4 Å². The van der Waals surface area contributed by atoms with Crippen molar-refractivity contribution in [2.45, 2.75) is 32.9 Å². The maximum absolute atomic E-state index is 14.1. The Morgan fingerprint density at radius 2 is 1.64 bits per heavy atom. The Balaban J connectivity index is 1.54. The van der Waals surface area contributed by atoms with Crippen LogP contribution in [-0.4, -0.2) is 44.7 Å². The average molecular weight is 612 g/mol. The van der Waals surface area contributed by atoms with E-state index in [1.54, 1.807) is 54.4 Å². The molecule has 1 amide bonds. The number of nitrogens with one attached hydrogen (secondary N) is 2. The standard InChI is InChI=1S/C35H34FN3O6/c1-20-10-11-23(36)17-29(20)37-19-27-25(14-15-28-31(27)39(4)34(42)35(2,3)38-28)26-13-12-24(18-30(26)43-5)45-33(41)22-9-7-8-21(16-22)32(40)44-6/h7-18,37-38H,19H2,1-6H3. The predicted molar refractivity (Wildman–Crippen MR) is 171 cm³/mol. The summed E-state index contributed by atoms with van der Waals surface area (Å²) in [6, 6.07) is 19.5. The number of hydrogen-bond acceptors (Lipinski definition) is 8. The number of likely N-dealkylation sites (N-methyl/N-ethyl adjacent to an activating group) is 1. The van der Waals surface area contributed by atoms with E-state index in [0.29, 0.717) is 22.7 Å². The number of methoxy groups -OCH3 is 2. The molecule has 0 bridgehead atoms. The largest absolute Gasteiger partial charge is 0.496 e. The summed E-state index contributed by atoms with van der Waals surface area (Å²) in [5.41, 5.74) is 4.77. The zero-order valence-electron chi connectivity index (χ0n) is 25.9. The molecular formula is C35H34FN3O6. The van der Waals surface area contributed by atoms with Gasteiger partial charge in [-0.25, -0.2) is 14.0 Å². The van der Waals surface area contributed by atoms with Crippen LogP contribution in [0.25, 0.3) is 11.1 Å². The number of anilines is 3. The molecule has 0 atom stereocenters. The number of ether oxygens (including phenoxy) is 3. The lowest BCUT2D eigenvalue weighted by molar-refractivity contribution is -0.121. The summed E-state index contributed by atoms with van der Waals surface area (Å²) in [6.07, 6.45) is 0. The fourth-order valence-corrected chi connectivity index (χ4v) is 5.45. The van der Waals surface area contributed by atoms with Crippen molar-refractivity contribution < 1.29 is 33.0 Å². The van der Waals surface area contributed by atoms with Crippen LogP contribution in [0.2, 0.25) is 0 Å². The number of rotatable bonds is 8. The summed E-state index contributed by atoms with van der Waals surface area (Å²) < 4.78 is 30.2. The monoisotopic (exact) mass is 611 g/mol. The molecule has 0 aromatic heterocycles. The highest BCUT2D eigenvalue weighted by Gasteiger charge is 2.38. The van der Waals surface area contributed by atoms with E-state index in [9.17, 15) is 18.8 Å². The van der Waals surface area contributed by atoms with Gasteiger partial charge in [0.2, 0.25) is 0 Å². The first kappa shape index (κ1) is 31.1. The van der Waals surface area contributed by atoms with Gasteiger partial charge in [-0.3, -0.25) is 4.79 Å². The number of esters is 2. The molecule has 0 aliphatic carbocycles. The molecule has 10 heteroatoms. The number of hydrogen-bond donors (Lipinski definition) is 2. The second-order valence-electron chi connectivity index (χ2n) is 11.2. The minimum absolute atomic E-state index is 0.110. The number of benzene rings is 4. The second kappa shape index (κ2) is 12.3. The summed E-state index contributed by atoms with van der Waals surface area (Å²) in [5.74, 6) is -1.05. The molecule has 5 rings (SSSR count). The molecule has 0 unspecified atom stereocenters. The van der Waals surface area contributed by atoms with Crippen molar-refractivity contribution in [2.75, 3.05) is 36.8 Å². The van der Waals surface area contributed by atoms with Gasteiger partial charge in [-0.2, -0.15) is 0 Å². The van der Waals surface area contributed by atoms with Gasteiger partial charge in [0.1, 0.15) is 22.9 Å². The molecule has 1 heterocycles. The first-order valence-electron chi connectivity index (χ1n) is 14.2. The number of aryl methyl sites for hydroxylation is 1. The number of carbonyl (C=O) groups excluding carboxylic acids is 3. The van der Waals surface area contributed by atoms with Crippen molar-refractivity contribution >= 4 is 34.9 Å². The van der Waals surface area contributed by atoms with Gasteiger partial charge in [-0.05, 0) is 80.4 Å². The lowest BCUT2D eigenvalue weighted by Gasteiger charge is -2.40. The average Bonchev–Trinajstić information content (AvgIpc) is 3.03. The van der Waals surface area contributed by atoms with Gasteiger partial charge in [0, 0.05) is 36.5 Å². The molecule has 9 nitrogen and oxygen atoms in total. The van der Waals surface area contributed by atoms with Gasteiger partial charge in [0.05, 0.1) is 36.7 Å². The molecular weight excluding hydrogens is 577 g/mol. The minimum Gasteiger partial charge on any atom is -0.496 e. The minimum atomic E-state index is -0.813. The SMILES string of the molecule is COC(=O)c1cccc(C(=O)Oc2ccc(-c3ccc4c(c3CNc3cc(F)ccc3C)N(C)C(=O)C(C)(C)N4)c(OC)c2)c1. The Morgan fingerprint density at radius 3 is 2.36 bits per heavy atom. The number of carbonyl (C=O) groups is 3. The van der Waals surface area contributed by atoms with E-state index in [1.807, 2.05) is 32.9 Å². The Morgan fingerprint density at radius 1 is 0.933 bits per heavy atom. The van der Waals surface area contributed by atoms with Crippen LogP contribution >= 0.6 is 0 Å². The van der Waals surface area contributed by atoms with E-state index in [2.05, 4.69) is 10.6 Å². The zero-order chi connectivity index (χ0) is 32.5. The third kappa shape index (κ3) is 6.17. The van der Waals surface area contributed by atoms with Crippen LogP contribution in [0.15, 0.2) is 72.8 Å². The Kier molecular flexibility index (Phi) is 8.50. The Bertz CT molecular complexity index is 1820. The fourth-order valence-electron chi connectivity index (χ4n) is 5.45. The molecule has 232 valence electrons. The smallest absolute Gasteiger partial charge is 0.343 e. The van der Waals surface area contributed by atoms with E-state index in [1.165, 1.54) is 32.4 Å². The van der Waals surface area contributed by atoms with Gasteiger partial charge < -0.3 is 29.7 Å². The molecule has 0 saturated heterocycles. The Hall–Kier alpha value is -5.38. The normalized spacial score (nSPS) is 13.4. The number of nitrogens with zero attached hydrogens (tertiary/aromatic N) is 1. The summed E-state index contributed by atoms with van der Waals surface area (Å²) in [5, 5.41) is 6.69. The quantitative estimate of drug-likeness (QED) is 0.170. The van der Waals surface area contributed by atoms with E-state index in [-0.39, 0.29) is 35.1 Å². The topological polar surface area (TPSA) is 106 Å².